The Labute approximate surface area is 102 Å². The van der Waals surface area contributed by atoms with Crippen molar-refractivity contribution in [3.05, 3.63) is 0 Å². The Hall–Kier alpha value is -1.12. The molecule has 1 saturated heterocycles. The average Bonchev–Trinajstić information content (AvgIpc) is 2.29. The Kier molecular flexibility index (Phi) is 4.91. The molecule has 96 valence electrons. The maximum Gasteiger partial charge on any atom is 0.323 e. The predicted octanol–water partition coefficient (Wildman–Crippen LogP) is 1.10. The molecule has 0 aliphatic carbocycles. The van der Waals surface area contributed by atoms with Crippen LogP contribution in [0.1, 0.15) is 26.7 Å². The van der Waals surface area contributed by atoms with Crippen LogP contribution in [-0.2, 0) is 9.53 Å². The van der Waals surface area contributed by atoms with Crippen LogP contribution < -0.4 is 0 Å². The van der Waals surface area contributed by atoms with Gasteiger partial charge in [-0.05, 0) is 33.2 Å². The van der Waals surface area contributed by atoms with Crippen molar-refractivity contribution in [3.63, 3.8) is 0 Å². The predicted molar refractivity (Wildman–Crippen MR) is 62.4 cm³/mol. The fourth-order valence-electron chi connectivity index (χ4n) is 1.91. The second-order valence-electron chi connectivity index (χ2n) is 5.06. The minimum absolute atomic E-state index is 0.261. The van der Waals surface area contributed by atoms with Crippen LogP contribution in [0, 0.1) is 16.7 Å². The van der Waals surface area contributed by atoms with Gasteiger partial charge in [0, 0.05) is 6.54 Å². The van der Waals surface area contributed by atoms with Crippen LogP contribution in [0.2, 0.25) is 0 Å². The molecule has 0 bridgehead atoms. The molecule has 1 fully saturated rings. The highest BCUT2D eigenvalue weighted by atomic mass is 16.5. The number of hydrogen-bond acceptors (Lipinski definition) is 4. The smallest absolute Gasteiger partial charge is 0.323 e. The fraction of sp³-hybridized carbons (Fsp3) is 0.833. The number of hydrogen-bond donors (Lipinski definition) is 1. The van der Waals surface area contributed by atoms with E-state index >= 15 is 0 Å². The molecular weight excluding hydrogens is 220 g/mol. The fourth-order valence-corrected chi connectivity index (χ4v) is 1.91. The summed E-state index contributed by atoms with van der Waals surface area (Å²) in [5.41, 5.74) is -0.328. The van der Waals surface area contributed by atoms with Gasteiger partial charge in [-0.25, -0.2) is 0 Å². The molecule has 0 amide bonds. The molecule has 5 heteroatoms. The summed E-state index contributed by atoms with van der Waals surface area (Å²) in [6, 6.07) is 1.72. The van der Waals surface area contributed by atoms with Crippen molar-refractivity contribution in [1.82, 2.24) is 4.90 Å². The third kappa shape index (κ3) is 4.33. The van der Waals surface area contributed by atoms with Crippen LogP contribution >= 0.6 is 0 Å². The van der Waals surface area contributed by atoms with E-state index in [1.54, 1.807) is 0 Å². The Balaban J connectivity index is 2.39. The summed E-state index contributed by atoms with van der Waals surface area (Å²) in [6.45, 7) is 6.03. The van der Waals surface area contributed by atoms with Crippen LogP contribution in [-0.4, -0.2) is 48.3 Å². The molecule has 1 atom stereocenters. The first-order valence-electron chi connectivity index (χ1n) is 5.92. The highest BCUT2D eigenvalue weighted by Gasteiger charge is 2.29. The van der Waals surface area contributed by atoms with Gasteiger partial charge in [0.2, 0.25) is 0 Å². The van der Waals surface area contributed by atoms with Crippen molar-refractivity contribution >= 4 is 5.97 Å². The minimum atomic E-state index is -0.829. The largest absolute Gasteiger partial charge is 0.480 e. The van der Waals surface area contributed by atoms with Crippen LogP contribution in [0.5, 0.6) is 0 Å². The Morgan fingerprint density at radius 2 is 2.35 bits per heavy atom. The third-order valence-corrected chi connectivity index (χ3v) is 3.07. The van der Waals surface area contributed by atoms with E-state index in [0.29, 0.717) is 19.7 Å². The van der Waals surface area contributed by atoms with E-state index in [-0.39, 0.29) is 12.0 Å². The van der Waals surface area contributed by atoms with Crippen LogP contribution in [0.3, 0.4) is 0 Å². The quantitative estimate of drug-likeness (QED) is 0.779. The zero-order valence-corrected chi connectivity index (χ0v) is 10.5. The maximum absolute atomic E-state index is 11.0. The lowest BCUT2D eigenvalue weighted by molar-refractivity contribution is -0.149. The van der Waals surface area contributed by atoms with Crippen LogP contribution in [0.15, 0.2) is 0 Å². The second-order valence-corrected chi connectivity index (χ2v) is 5.06. The van der Waals surface area contributed by atoms with Crippen molar-refractivity contribution in [2.24, 2.45) is 5.41 Å². The SMILES string of the molecule is CC(C)(C#N)CCCN1CCOCC1C(=O)O. The summed E-state index contributed by atoms with van der Waals surface area (Å²) in [7, 11) is 0. The number of carbonyl (C=O) groups is 1. The molecule has 1 heterocycles. The van der Waals surface area contributed by atoms with Gasteiger partial charge in [-0.15, -0.1) is 0 Å². The van der Waals surface area contributed by atoms with E-state index in [9.17, 15) is 4.79 Å². The van der Waals surface area contributed by atoms with Gasteiger partial charge in [-0.1, -0.05) is 0 Å². The van der Waals surface area contributed by atoms with E-state index in [1.165, 1.54) is 0 Å². The molecule has 1 aliphatic rings. The number of nitrogens with zero attached hydrogens (tertiary/aromatic N) is 2. The summed E-state index contributed by atoms with van der Waals surface area (Å²) in [5.74, 6) is -0.829. The molecule has 1 aliphatic heterocycles. The number of aliphatic carboxylic acids is 1. The summed E-state index contributed by atoms with van der Waals surface area (Å²) in [5, 5.41) is 17.9. The molecule has 0 aromatic rings. The molecule has 0 saturated carbocycles. The van der Waals surface area contributed by atoms with Crippen molar-refractivity contribution in [2.45, 2.75) is 32.7 Å². The van der Waals surface area contributed by atoms with Gasteiger partial charge in [-0.2, -0.15) is 5.26 Å². The van der Waals surface area contributed by atoms with E-state index < -0.39 is 12.0 Å². The number of carboxylic acids is 1. The molecule has 0 radical (unpaired) electrons. The first kappa shape index (κ1) is 13.9. The van der Waals surface area contributed by atoms with Crippen molar-refractivity contribution in [3.8, 4) is 6.07 Å². The van der Waals surface area contributed by atoms with Crippen LogP contribution in [0.4, 0.5) is 0 Å². The summed E-state index contributed by atoms with van der Waals surface area (Å²) >= 11 is 0. The highest BCUT2D eigenvalue weighted by molar-refractivity contribution is 5.73. The molecule has 0 aromatic carbocycles. The Bertz CT molecular complexity index is 309. The van der Waals surface area contributed by atoms with E-state index in [1.807, 2.05) is 18.7 Å². The molecule has 1 rings (SSSR count). The number of morpholine rings is 1. The molecule has 5 nitrogen and oxygen atoms in total. The van der Waals surface area contributed by atoms with Gasteiger partial charge in [0.1, 0.15) is 6.04 Å². The number of nitriles is 1. The van der Waals surface area contributed by atoms with Crippen molar-refractivity contribution in [1.29, 1.82) is 5.26 Å². The first-order chi connectivity index (χ1) is 7.96. The van der Waals surface area contributed by atoms with Gasteiger partial charge in [-0.3, -0.25) is 9.69 Å². The Morgan fingerprint density at radius 1 is 1.65 bits per heavy atom. The molecule has 0 spiro atoms. The van der Waals surface area contributed by atoms with E-state index in [2.05, 4.69) is 6.07 Å². The lowest BCUT2D eigenvalue weighted by Crippen LogP contribution is -2.50. The van der Waals surface area contributed by atoms with Crippen molar-refractivity contribution in [2.75, 3.05) is 26.3 Å². The van der Waals surface area contributed by atoms with Gasteiger partial charge in [0.25, 0.3) is 0 Å². The summed E-state index contributed by atoms with van der Waals surface area (Å²) in [6.07, 6.45) is 1.62. The minimum Gasteiger partial charge on any atom is -0.480 e. The van der Waals surface area contributed by atoms with Crippen LogP contribution in [0.25, 0.3) is 0 Å². The monoisotopic (exact) mass is 240 g/mol. The average molecular weight is 240 g/mol. The van der Waals surface area contributed by atoms with Gasteiger partial charge in [0.15, 0.2) is 0 Å². The Morgan fingerprint density at radius 3 is 2.94 bits per heavy atom. The summed E-state index contributed by atoms with van der Waals surface area (Å²) < 4.78 is 5.17. The maximum atomic E-state index is 11.0. The molecule has 0 aromatic heterocycles. The molecule has 17 heavy (non-hydrogen) atoms. The van der Waals surface area contributed by atoms with E-state index in [0.717, 1.165) is 12.8 Å². The van der Waals surface area contributed by atoms with Crippen molar-refractivity contribution < 1.29 is 14.6 Å². The second kappa shape index (κ2) is 5.99. The highest BCUT2D eigenvalue weighted by Crippen LogP contribution is 2.21. The number of ether oxygens (including phenoxy) is 1. The zero-order valence-electron chi connectivity index (χ0n) is 10.5. The van der Waals surface area contributed by atoms with Gasteiger partial charge >= 0.3 is 5.97 Å². The van der Waals surface area contributed by atoms with Gasteiger partial charge < -0.3 is 9.84 Å². The molecular formula is C12H20N2O3. The molecule has 1 N–H and O–H groups in total. The normalized spacial score (nSPS) is 22.1. The third-order valence-electron chi connectivity index (χ3n) is 3.07. The lowest BCUT2D eigenvalue weighted by atomic mass is 9.89. The standard InChI is InChI=1S/C12H20N2O3/c1-12(2,9-13)4-3-5-14-6-7-17-8-10(14)11(15)16/h10H,3-8H2,1-2H3,(H,15,16). The molecule has 1 unspecified atom stereocenters. The first-order valence-corrected chi connectivity index (χ1v) is 5.92. The zero-order chi connectivity index (χ0) is 12.9. The topological polar surface area (TPSA) is 73.6 Å². The van der Waals surface area contributed by atoms with E-state index in [4.69, 9.17) is 15.1 Å². The number of carboxylic acid groups (broad SMARTS) is 1. The van der Waals surface area contributed by atoms with Gasteiger partial charge in [0.05, 0.1) is 24.7 Å². The summed E-state index contributed by atoms with van der Waals surface area (Å²) in [4.78, 5) is 12.9. The number of rotatable bonds is 5. The lowest BCUT2D eigenvalue weighted by Gasteiger charge is -2.33.